The van der Waals surface area contributed by atoms with E-state index in [2.05, 4.69) is 15.4 Å². The summed E-state index contributed by atoms with van der Waals surface area (Å²) in [6, 6.07) is 0.0410. The molecule has 0 aromatic rings. The van der Waals surface area contributed by atoms with Crippen molar-refractivity contribution >= 4 is 11.9 Å². The van der Waals surface area contributed by atoms with Gasteiger partial charge in [-0.2, -0.15) is 0 Å². The number of rotatable bonds is 6. The summed E-state index contributed by atoms with van der Waals surface area (Å²) in [5.41, 5.74) is 0. The van der Waals surface area contributed by atoms with Crippen molar-refractivity contribution in [1.29, 1.82) is 0 Å². The molecule has 1 rings (SSSR count). The fraction of sp³-hybridized carbons (Fsp3) is 0.800. The highest BCUT2D eigenvalue weighted by Gasteiger charge is 2.22. The first-order valence-corrected chi connectivity index (χ1v) is 5.24. The zero-order valence-electron chi connectivity index (χ0n) is 9.21. The van der Waals surface area contributed by atoms with Gasteiger partial charge in [-0.05, 0) is 19.8 Å². The van der Waals surface area contributed by atoms with Crippen LogP contribution in [0.5, 0.6) is 0 Å². The van der Waals surface area contributed by atoms with Crippen LogP contribution in [-0.4, -0.2) is 37.6 Å². The third-order valence-electron chi connectivity index (χ3n) is 2.30. The molecule has 5 heteroatoms. The first kappa shape index (κ1) is 12.0. The van der Waals surface area contributed by atoms with Gasteiger partial charge in [0, 0.05) is 19.0 Å². The number of hydrogen-bond acceptors (Lipinski definition) is 4. The number of esters is 1. The third-order valence-corrected chi connectivity index (χ3v) is 2.30. The number of amides is 1. The molecule has 0 heterocycles. The Morgan fingerprint density at radius 1 is 1.47 bits per heavy atom. The molecule has 0 bridgehead atoms. The summed E-state index contributed by atoms with van der Waals surface area (Å²) in [4.78, 5) is 22.2. The number of carbonyl (C=O) groups excluding carboxylic acids is 2. The summed E-state index contributed by atoms with van der Waals surface area (Å²) in [6.07, 6.45) is 2.59. The van der Waals surface area contributed by atoms with Gasteiger partial charge in [-0.3, -0.25) is 9.59 Å². The van der Waals surface area contributed by atoms with Crippen molar-refractivity contribution in [1.82, 2.24) is 10.6 Å². The predicted molar refractivity (Wildman–Crippen MR) is 55.3 cm³/mol. The molecule has 0 saturated heterocycles. The van der Waals surface area contributed by atoms with Gasteiger partial charge in [0.15, 0.2) is 0 Å². The van der Waals surface area contributed by atoms with Crippen LogP contribution in [0.25, 0.3) is 0 Å². The van der Waals surface area contributed by atoms with Crippen LogP contribution in [0.15, 0.2) is 0 Å². The predicted octanol–water partition coefficient (Wildman–Crippen LogP) is -0.194. The van der Waals surface area contributed by atoms with Gasteiger partial charge in [0.05, 0.1) is 7.11 Å². The normalized spacial score (nSPS) is 16.9. The quantitative estimate of drug-likeness (QED) is 0.601. The first-order chi connectivity index (χ1) is 7.13. The minimum atomic E-state index is -0.358. The Kier molecular flexibility index (Phi) is 4.55. The van der Waals surface area contributed by atoms with Gasteiger partial charge in [0.2, 0.25) is 5.91 Å². The van der Waals surface area contributed by atoms with Crippen molar-refractivity contribution in [2.45, 2.75) is 38.3 Å². The minimum absolute atomic E-state index is 0.0436. The van der Waals surface area contributed by atoms with Crippen LogP contribution in [0, 0.1) is 0 Å². The lowest BCUT2D eigenvalue weighted by molar-refractivity contribution is -0.142. The minimum Gasteiger partial charge on any atom is -0.468 e. The van der Waals surface area contributed by atoms with Gasteiger partial charge in [-0.15, -0.1) is 0 Å². The Morgan fingerprint density at radius 3 is 2.67 bits per heavy atom. The van der Waals surface area contributed by atoms with Crippen molar-refractivity contribution in [2.75, 3.05) is 13.7 Å². The van der Waals surface area contributed by atoms with Crippen molar-refractivity contribution in [3.05, 3.63) is 0 Å². The van der Waals surface area contributed by atoms with Gasteiger partial charge in [0.25, 0.3) is 0 Å². The van der Waals surface area contributed by atoms with E-state index in [4.69, 9.17) is 0 Å². The van der Waals surface area contributed by atoms with E-state index in [9.17, 15) is 9.59 Å². The SMILES string of the molecule is COC(=O)C(C)NCCC(=O)NC1CC1. The van der Waals surface area contributed by atoms with E-state index in [0.717, 1.165) is 12.8 Å². The maximum atomic E-state index is 11.2. The molecule has 1 aliphatic rings. The van der Waals surface area contributed by atoms with Crippen molar-refractivity contribution in [2.24, 2.45) is 0 Å². The lowest BCUT2D eigenvalue weighted by Crippen LogP contribution is -2.37. The fourth-order valence-corrected chi connectivity index (χ4v) is 1.19. The van der Waals surface area contributed by atoms with Crippen LogP contribution in [0.2, 0.25) is 0 Å². The zero-order valence-corrected chi connectivity index (χ0v) is 9.21. The van der Waals surface area contributed by atoms with E-state index in [-0.39, 0.29) is 17.9 Å². The molecule has 0 aromatic carbocycles. The molecule has 2 N–H and O–H groups in total. The Bertz CT molecular complexity index is 239. The Morgan fingerprint density at radius 2 is 2.13 bits per heavy atom. The maximum Gasteiger partial charge on any atom is 0.322 e. The fourth-order valence-electron chi connectivity index (χ4n) is 1.19. The van der Waals surface area contributed by atoms with E-state index in [1.165, 1.54) is 7.11 Å². The molecular weight excluding hydrogens is 196 g/mol. The van der Waals surface area contributed by atoms with E-state index in [1.807, 2.05) is 0 Å². The molecule has 1 saturated carbocycles. The molecule has 1 atom stereocenters. The summed E-state index contributed by atoms with van der Waals surface area (Å²) in [5, 5.41) is 5.80. The molecule has 5 nitrogen and oxygen atoms in total. The second kappa shape index (κ2) is 5.70. The topological polar surface area (TPSA) is 67.4 Å². The standard InChI is InChI=1S/C10H18N2O3/c1-7(10(14)15-2)11-6-5-9(13)12-8-3-4-8/h7-8,11H,3-6H2,1-2H3,(H,12,13). The van der Waals surface area contributed by atoms with Crippen LogP contribution in [0.4, 0.5) is 0 Å². The zero-order chi connectivity index (χ0) is 11.3. The van der Waals surface area contributed by atoms with Crippen LogP contribution in [-0.2, 0) is 14.3 Å². The molecule has 0 radical (unpaired) electrons. The van der Waals surface area contributed by atoms with Gasteiger partial charge in [-0.25, -0.2) is 0 Å². The molecule has 1 fully saturated rings. The molecule has 0 spiro atoms. The van der Waals surface area contributed by atoms with Gasteiger partial charge >= 0.3 is 5.97 Å². The molecule has 1 amide bonds. The van der Waals surface area contributed by atoms with E-state index < -0.39 is 0 Å². The number of carbonyl (C=O) groups is 2. The number of methoxy groups -OCH3 is 1. The van der Waals surface area contributed by atoms with Crippen molar-refractivity contribution < 1.29 is 14.3 Å². The summed E-state index contributed by atoms with van der Waals surface area (Å²) in [6.45, 7) is 2.21. The van der Waals surface area contributed by atoms with Crippen LogP contribution in [0.1, 0.15) is 26.2 Å². The molecule has 1 aliphatic carbocycles. The Labute approximate surface area is 89.6 Å². The highest BCUT2D eigenvalue weighted by atomic mass is 16.5. The molecule has 86 valence electrons. The Balaban J connectivity index is 2.03. The average Bonchev–Trinajstić information content (AvgIpc) is 3.00. The maximum absolute atomic E-state index is 11.2. The monoisotopic (exact) mass is 214 g/mol. The van der Waals surface area contributed by atoms with E-state index in [1.54, 1.807) is 6.92 Å². The second-order valence-corrected chi connectivity index (χ2v) is 3.79. The largest absolute Gasteiger partial charge is 0.468 e. The van der Waals surface area contributed by atoms with Crippen molar-refractivity contribution in [3.63, 3.8) is 0 Å². The van der Waals surface area contributed by atoms with Gasteiger partial charge < -0.3 is 15.4 Å². The summed E-state index contributed by atoms with van der Waals surface area (Å²) in [7, 11) is 1.35. The van der Waals surface area contributed by atoms with Crippen molar-refractivity contribution in [3.8, 4) is 0 Å². The van der Waals surface area contributed by atoms with E-state index in [0.29, 0.717) is 19.0 Å². The van der Waals surface area contributed by atoms with Crippen LogP contribution >= 0.6 is 0 Å². The van der Waals surface area contributed by atoms with Crippen LogP contribution in [0.3, 0.4) is 0 Å². The smallest absolute Gasteiger partial charge is 0.322 e. The molecule has 0 aliphatic heterocycles. The average molecular weight is 214 g/mol. The number of hydrogen-bond donors (Lipinski definition) is 2. The molecule has 1 unspecified atom stereocenters. The Hall–Kier alpha value is -1.10. The summed E-state index contributed by atoms with van der Waals surface area (Å²) in [5.74, 6) is -0.264. The van der Waals surface area contributed by atoms with Gasteiger partial charge in [0.1, 0.15) is 6.04 Å². The highest BCUT2D eigenvalue weighted by molar-refractivity contribution is 5.77. The highest BCUT2D eigenvalue weighted by Crippen LogP contribution is 2.18. The summed E-state index contributed by atoms with van der Waals surface area (Å²) < 4.78 is 4.54. The summed E-state index contributed by atoms with van der Waals surface area (Å²) >= 11 is 0. The number of nitrogens with one attached hydrogen (secondary N) is 2. The number of ether oxygens (including phenoxy) is 1. The van der Waals surface area contributed by atoms with Gasteiger partial charge in [-0.1, -0.05) is 0 Å². The molecule has 0 aromatic heterocycles. The van der Waals surface area contributed by atoms with E-state index >= 15 is 0 Å². The third kappa shape index (κ3) is 4.78. The van der Waals surface area contributed by atoms with Crippen LogP contribution < -0.4 is 10.6 Å². The first-order valence-electron chi connectivity index (χ1n) is 5.24. The lowest BCUT2D eigenvalue weighted by atomic mass is 10.3. The lowest BCUT2D eigenvalue weighted by Gasteiger charge is -2.10. The second-order valence-electron chi connectivity index (χ2n) is 3.79. The molecular formula is C10H18N2O3. The molecule has 15 heavy (non-hydrogen) atoms.